The van der Waals surface area contributed by atoms with Crippen molar-refractivity contribution in [2.45, 2.75) is 33.0 Å². The number of anilines is 1. The standard InChI is InChI=1S/C23H22F3NO4/c1-22(2,3)20(29)17-18(13-7-5-10-16(11-13)31-4)27(21(30)19(17)28)15-9-6-8-14(12-15)23(24,25)26/h5-12,18,28H,1-4H3. The number of carbonyl (C=O) groups is 2. The number of ketones is 1. The van der Waals surface area contributed by atoms with Crippen LogP contribution in [-0.2, 0) is 15.8 Å². The van der Waals surface area contributed by atoms with E-state index in [0.717, 1.165) is 17.0 Å². The number of alkyl halides is 3. The summed E-state index contributed by atoms with van der Waals surface area (Å²) in [5.41, 5.74) is -1.72. The summed E-state index contributed by atoms with van der Waals surface area (Å²) in [6.45, 7) is 4.90. The molecule has 1 atom stereocenters. The van der Waals surface area contributed by atoms with Gasteiger partial charge in [0, 0.05) is 11.1 Å². The number of halogens is 3. The van der Waals surface area contributed by atoms with E-state index in [4.69, 9.17) is 4.74 Å². The van der Waals surface area contributed by atoms with E-state index < -0.39 is 40.6 Å². The fourth-order valence-corrected chi connectivity index (χ4v) is 3.47. The third kappa shape index (κ3) is 4.15. The predicted molar refractivity (Wildman–Crippen MR) is 109 cm³/mol. The fourth-order valence-electron chi connectivity index (χ4n) is 3.47. The third-order valence-electron chi connectivity index (χ3n) is 5.00. The molecule has 0 spiro atoms. The first-order valence-corrected chi connectivity index (χ1v) is 9.49. The van der Waals surface area contributed by atoms with Gasteiger partial charge in [-0.3, -0.25) is 14.5 Å². The minimum Gasteiger partial charge on any atom is -0.503 e. The molecular formula is C23H22F3NO4. The summed E-state index contributed by atoms with van der Waals surface area (Å²) in [6.07, 6.45) is -4.62. The molecule has 1 unspecified atom stereocenters. The molecule has 0 fully saturated rings. The highest BCUT2D eigenvalue weighted by molar-refractivity contribution is 6.17. The van der Waals surface area contributed by atoms with Crippen LogP contribution in [0, 0.1) is 5.41 Å². The second-order valence-corrected chi connectivity index (χ2v) is 8.24. The molecule has 2 aromatic rings. The van der Waals surface area contributed by atoms with Crippen molar-refractivity contribution in [2.75, 3.05) is 12.0 Å². The van der Waals surface area contributed by atoms with Crippen LogP contribution in [0.5, 0.6) is 5.75 Å². The minimum absolute atomic E-state index is 0.0871. The Morgan fingerprint density at radius 3 is 2.29 bits per heavy atom. The number of methoxy groups -OCH3 is 1. The number of amides is 1. The third-order valence-corrected chi connectivity index (χ3v) is 5.00. The van der Waals surface area contributed by atoms with Crippen LogP contribution in [-0.4, -0.2) is 23.9 Å². The van der Waals surface area contributed by atoms with E-state index in [1.807, 2.05) is 0 Å². The lowest BCUT2D eigenvalue weighted by molar-refractivity contribution is -0.137. The second-order valence-electron chi connectivity index (χ2n) is 8.24. The van der Waals surface area contributed by atoms with Crippen molar-refractivity contribution >= 4 is 17.4 Å². The van der Waals surface area contributed by atoms with E-state index in [-0.39, 0.29) is 11.3 Å². The summed E-state index contributed by atoms with van der Waals surface area (Å²) in [7, 11) is 1.44. The van der Waals surface area contributed by atoms with Gasteiger partial charge in [0.2, 0.25) is 0 Å². The molecule has 0 aromatic heterocycles. The first-order chi connectivity index (χ1) is 14.4. The van der Waals surface area contributed by atoms with Crippen LogP contribution in [0.4, 0.5) is 18.9 Å². The van der Waals surface area contributed by atoms with Gasteiger partial charge >= 0.3 is 6.18 Å². The van der Waals surface area contributed by atoms with Gasteiger partial charge in [0.25, 0.3) is 5.91 Å². The van der Waals surface area contributed by atoms with E-state index in [9.17, 15) is 27.9 Å². The van der Waals surface area contributed by atoms with Crippen molar-refractivity contribution < 1.29 is 32.6 Å². The van der Waals surface area contributed by atoms with Crippen molar-refractivity contribution in [3.8, 4) is 5.75 Å². The van der Waals surface area contributed by atoms with Crippen LogP contribution in [0.25, 0.3) is 0 Å². The minimum atomic E-state index is -4.62. The number of rotatable bonds is 4. The Hall–Kier alpha value is -3.29. The van der Waals surface area contributed by atoms with E-state index in [0.29, 0.717) is 11.3 Å². The summed E-state index contributed by atoms with van der Waals surface area (Å²) >= 11 is 0. The van der Waals surface area contributed by atoms with E-state index >= 15 is 0 Å². The van der Waals surface area contributed by atoms with Gasteiger partial charge in [-0.05, 0) is 35.9 Å². The maximum atomic E-state index is 13.3. The van der Waals surface area contributed by atoms with Gasteiger partial charge in [-0.1, -0.05) is 39.0 Å². The van der Waals surface area contributed by atoms with E-state index in [1.165, 1.54) is 19.2 Å². The van der Waals surface area contributed by atoms with Crippen LogP contribution in [0.2, 0.25) is 0 Å². The fraction of sp³-hybridized carbons (Fsp3) is 0.304. The van der Waals surface area contributed by atoms with Crippen molar-refractivity contribution in [2.24, 2.45) is 5.41 Å². The molecule has 0 radical (unpaired) electrons. The molecule has 2 aromatic carbocycles. The Kier molecular flexibility index (Phi) is 5.60. The molecule has 31 heavy (non-hydrogen) atoms. The van der Waals surface area contributed by atoms with Gasteiger partial charge in [0.1, 0.15) is 5.75 Å². The highest BCUT2D eigenvalue weighted by atomic mass is 19.4. The average Bonchev–Trinajstić information content (AvgIpc) is 2.97. The molecule has 0 aliphatic carbocycles. The number of aliphatic hydroxyl groups excluding tert-OH is 1. The zero-order chi connectivity index (χ0) is 23.1. The molecule has 0 saturated carbocycles. The van der Waals surface area contributed by atoms with Gasteiger partial charge in [-0.15, -0.1) is 0 Å². The van der Waals surface area contributed by atoms with Gasteiger partial charge in [0.05, 0.1) is 24.3 Å². The number of benzene rings is 2. The molecule has 1 aliphatic heterocycles. The highest BCUT2D eigenvalue weighted by Gasteiger charge is 2.47. The van der Waals surface area contributed by atoms with Gasteiger partial charge in [-0.25, -0.2) is 0 Å². The Morgan fingerprint density at radius 1 is 1.06 bits per heavy atom. The average molecular weight is 433 g/mol. The summed E-state index contributed by atoms with van der Waals surface area (Å²) in [5, 5.41) is 10.6. The lowest BCUT2D eigenvalue weighted by Crippen LogP contribution is -2.33. The molecule has 1 heterocycles. The maximum Gasteiger partial charge on any atom is 0.416 e. The summed E-state index contributed by atoms with van der Waals surface area (Å²) in [4.78, 5) is 27.2. The first-order valence-electron chi connectivity index (χ1n) is 9.49. The molecule has 0 saturated heterocycles. The van der Waals surface area contributed by atoms with E-state index in [2.05, 4.69) is 0 Å². The van der Waals surface area contributed by atoms with Gasteiger partial charge < -0.3 is 9.84 Å². The van der Waals surface area contributed by atoms with Crippen molar-refractivity contribution in [1.29, 1.82) is 0 Å². The number of aliphatic hydroxyl groups is 1. The monoisotopic (exact) mass is 433 g/mol. The van der Waals surface area contributed by atoms with E-state index in [1.54, 1.807) is 45.0 Å². The molecule has 8 heteroatoms. The smallest absolute Gasteiger partial charge is 0.416 e. The largest absolute Gasteiger partial charge is 0.503 e. The molecular weight excluding hydrogens is 411 g/mol. The quantitative estimate of drug-likeness (QED) is 0.717. The predicted octanol–water partition coefficient (Wildman–Crippen LogP) is 5.23. The second kappa shape index (κ2) is 7.76. The van der Waals surface area contributed by atoms with Crippen LogP contribution < -0.4 is 9.64 Å². The topological polar surface area (TPSA) is 66.8 Å². The van der Waals surface area contributed by atoms with Crippen LogP contribution >= 0.6 is 0 Å². The molecule has 3 rings (SSSR count). The number of Topliss-reactive ketones (excluding diaryl/α,β-unsaturated/α-hetero) is 1. The van der Waals surface area contributed by atoms with Crippen molar-refractivity contribution in [3.05, 3.63) is 71.0 Å². The molecule has 1 aliphatic rings. The zero-order valence-electron chi connectivity index (χ0n) is 17.4. The molecule has 164 valence electrons. The highest BCUT2D eigenvalue weighted by Crippen LogP contribution is 2.44. The zero-order valence-corrected chi connectivity index (χ0v) is 17.4. The van der Waals surface area contributed by atoms with Crippen LogP contribution in [0.3, 0.4) is 0 Å². The number of nitrogens with zero attached hydrogens (tertiary/aromatic N) is 1. The Labute approximate surface area is 177 Å². The number of hydrogen-bond donors (Lipinski definition) is 1. The number of carbonyl (C=O) groups excluding carboxylic acids is 2. The number of hydrogen-bond acceptors (Lipinski definition) is 4. The van der Waals surface area contributed by atoms with Crippen molar-refractivity contribution in [1.82, 2.24) is 0 Å². The maximum absolute atomic E-state index is 13.3. The Morgan fingerprint density at radius 2 is 1.71 bits per heavy atom. The molecule has 1 amide bonds. The summed E-state index contributed by atoms with van der Waals surface area (Å²) in [5.74, 6) is -1.77. The van der Waals surface area contributed by atoms with Gasteiger partial charge in [0.15, 0.2) is 11.5 Å². The normalized spacial score (nSPS) is 17.3. The lowest BCUT2D eigenvalue weighted by atomic mass is 9.82. The first kappa shape index (κ1) is 22.4. The lowest BCUT2D eigenvalue weighted by Gasteiger charge is -2.29. The van der Waals surface area contributed by atoms with Gasteiger partial charge in [-0.2, -0.15) is 13.2 Å². The number of ether oxygens (including phenoxy) is 1. The van der Waals surface area contributed by atoms with Crippen LogP contribution in [0.15, 0.2) is 59.9 Å². The summed E-state index contributed by atoms with van der Waals surface area (Å²) < 4.78 is 45.0. The van der Waals surface area contributed by atoms with Crippen molar-refractivity contribution in [3.63, 3.8) is 0 Å². The van der Waals surface area contributed by atoms with Crippen LogP contribution in [0.1, 0.15) is 37.9 Å². The molecule has 0 bridgehead atoms. The SMILES string of the molecule is COc1cccc(C2C(C(=O)C(C)(C)C)=C(O)C(=O)N2c2cccc(C(F)(F)F)c2)c1. The molecule has 1 N–H and O–H groups in total. The Bertz CT molecular complexity index is 1070. The Balaban J connectivity index is 2.23. The molecule has 5 nitrogen and oxygen atoms in total. The summed E-state index contributed by atoms with van der Waals surface area (Å²) in [6, 6.07) is 9.59.